The van der Waals surface area contributed by atoms with Crippen LogP contribution in [0.15, 0.2) is 42.0 Å². The molecule has 2 aliphatic carbocycles. The van der Waals surface area contributed by atoms with Gasteiger partial charge in [0.1, 0.15) is 0 Å². The van der Waals surface area contributed by atoms with E-state index in [1.54, 1.807) is 14.2 Å². The number of hydrogen-bond donors (Lipinski definition) is 1. The molecule has 0 spiro atoms. The Bertz CT molecular complexity index is 908. The first-order valence-electron chi connectivity index (χ1n) is 12.6. The molecule has 1 aromatic rings. The number of carbonyl (C=O) groups excluding carboxylic acids is 1. The SMILES string of the molecule is COc1ccc(CN2C(=O)CC(N)C[C@H]2CCC2C(C)C=CC3=C[C@H](C)CCC32)cc1OC. The van der Waals surface area contributed by atoms with Gasteiger partial charge in [0, 0.05) is 25.0 Å². The molecule has 0 bridgehead atoms. The molecule has 180 valence electrons. The highest BCUT2D eigenvalue weighted by molar-refractivity contribution is 5.78. The fourth-order valence-electron chi connectivity index (χ4n) is 6.18. The second-order valence-electron chi connectivity index (χ2n) is 10.4. The molecule has 1 aromatic carbocycles. The maximum absolute atomic E-state index is 13.0. The van der Waals surface area contributed by atoms with E-state index in [2.05, 4.69) is 37.0 Å². The number of methoxy groups -OCH3 is 2. The number of allylic oxidation sites excluding steroid dienone is 4. The van der Waals surface area contributed by atoms with E-state index in [-0.39, 0.29) is 18.0 Å². The van der Waals surface area contributed by atoms with Gasteiger partial charge in [-0.25, -0.2) is 0 Å². The van der Waals surface area contributed by atoms with Gasteiger partial charge >= 0.3 is 0 Å². The van der Waals surface area contributed by atoms with Gasteiger partial charge in [-0.05, 0) is 79.0 Å². The largest absolute Gasteiger partial charge is 0.493 e. The molecular weight excluding hydrogens is 412 g/mol. The van der Waals surface area contributed by atoms with Crippen molar-refractivity contribution >= 4 is 5.91 Å². The van der Waals surface area contributed by atoms with Gasteiger partial charge in [0.2, 0.25) is 5.91 Å². The van der Waals surface area contributed by atoms with E-state index in [1.165, 1.54) is 18.4 Å². The highest BCUT2D eigenvalue weighted by Crippen LogP contribution is 2.44. The molecule has 33 heavy (non-hydrogen) atoms. The zero-order chi connectivity index (χ0) is 23.5. The van der Waals surface area contributed by atoms with E-state index < -0.39 is 0 Å². The van der Waals surface area contributed by atoms with Crippen molar-refractivity contribution in [1.29, 1.82) is 0 Å². The van der Waals surface area contributed by atoms with Crippen LogP contribution in [0.4, 0.5) is 0 Å². The Balaban J connectivity index is 1.48. The van der Waals surface area contributed by atoms with Gasteiger partial charge in [-0.3, -0.25) is 4.79 Å². The molecule has 3 aliphatic rings. The molecule has 4 rings (SSSR count). The van der Waals surface area contributed by atoms with Gasteiger partial charge in [-0.1, -0.05) is 38.1 Å². The van der Waals surface area contributed by atoms with Crippen LogP contribution in [0.2, 0.25) is 0 Å². The number of nitrogens with two attached hydrogens (primary N) is 1. The standard InChI is InChI=1S/C28H40N2O3/c1-18-5-10-25-21(13-18)8-6-19(2)24(25)11-9-23-15-22(29)16-28(31)30(23)17-20-7-12-26(32-3)27(14-20)33-4/h6-8,12-14,18-19,22-25H,5,9-11,15-17,29H2,1-4H3/t18-,19?,22?,23-,24?,25?/m1/s1. The van der Waals surface area contributed by atoms with Crippen molar-refractivity contribution in [2.45, 2.75) is 71.0 Å². The first-order valence-corrected chi connectivity index (χ1v) is 12.6. The number of carbonyl (C=O) groups is 1. The number of rotatable bonds is 7. The molecule has 4 unspecified atom stereocenters. The summed E-state index contributed by atoms with van der Waals surface area (Å²) in [4.78, 5) is 15.1. The quantitative estimate of drug-likeness (QED) is 0.625. The Morgan fingerprint density at radius 3 is 2.64 bits per heavy atom. The predicted octanol–water partition coefficient (Wildman–Crippen LogP) is 5.10. The maximum atomic E-state index is 13.0. The highest BCUT2D eigenvalue weighted by atomic mass is 16.5. The van der Waals surface area contributed by atoms with E-state index in [4.69, 9.17) is 15.2 Å². The molecule has 6 atom stereocenters. The zero-order valence-corrected chi connectivity index (χ0v) is 20.6. The van der Waals surface area contributed by atoms with Crippen molar-refractivity contribution in [3.05, 3.63) is 47.6 Å². The second kappa shape index (κ2) is 10.3. The third-order valence-corrected chi connectivity index (χ3v) is 8.03. The highest BCUT2D eigenvalue weighted by Gasteiger charge is 2.36. The molecule has 2 N–H and O–H groups in total. The fourth-order valence-corrected chi connectivity index (χ4v) is 6.18. The summed E-state index contributed by atoms with van der Waals surface area (Å²) < 4.78 is 10.8. The van der Waals surface area contributed by atoms with Crippen LogP contribution < -0.4 is 15.2 Å². The number of ether oxygens (including phenoxy) is 2. The predicted molar refractivity (Wildman–Crippen MR) is 132 cm³/mol. The van der Waals surface area contributed by atoms with Crippen LogP contribution in [0.5, 0.6) is 11.5 Å². The van der Waals surface area contributed by atoms with Gasteiger partial charge in [0.25, 0.3) is 0 Å². The summed E-state index contributed by atoms with van der Waals surface area (Å²) in [5.41, 5.74) is 8.90. The van der Waals surface area contributed by atoms with Gasteiger partial charge < -0.3 is 20.1 Å². The number of benzene rings is 1. The molecule has 1 amide bonds. The second-order valence-corrected chi connectivity index (χ2v) is 10.4. The van der Waals surface area contributed by atoms with Crippen LogP contribution in [0.25, 0.3) is 0 Å². The number of likely N-dealkylation sites (tertiary alicyclic amines) is 1. The van der Waals surface area contributed by atoms with Crippen molar-refractivity contribution < 1.29 is 14.3 Å². The van der Waals surface area contributed by atoms with Gasteiger partial charge in [-0.2, -0.15) is 0 Å². The van der Waals surface area contributed by atoms with Crippen LogP contribution in [-0.2, 0) is 11.3 Å². The summed E-state index contributed by atoms with van der Waals surface area (Å²) >= 11 is 0. The first-order chi connectivity index (χ1) is 15.9. The van der Waals surface area contributed by atoms with E-state index in [1.807, 2.05) is 18.2 Å². The Morgan fingerprint density at radius 2 is 1.88 bits per heavy atom. The fraction of sp³-hybridized carbons (Fsp3) is 0.607. The van der Waals surface area contributed by atoms with Gasteiger partial charge in [0.15, 0.2) is 11.5 Å². The zero-order valence-electron chi connectivity index (χ0n) is 20.6. The summed E-state index contributed by atoms with van der Waals surface area (Å²) in [6.45, 7) is 5.27. The number of piperidine rings is 1. The molecular formula is C28H40N2O3. The van der Waals surface area contributed by atoms with Crippen molar-refractivity contribution in [1.82, 2.24) is 4.90 Å². The normalized spacial score (nSPS) is 31.7. The summed E-state index contributed by atoms with van der Waals surface area (Å²) in [5.74, 6) is 4.13. The lowest BCUT2D eigenvalue weighted by Crippen LogP contribution is -2.50. The lowest BCUT2D eigenvalue weighted by atomic mass is 9.66. The Kier molecular flexibility index (Phi) is 7.48. The average Bonchev–Trinajstić information content (AvgIpc) is 2.80. The lowest BCUT2D eigenvalue weighted by Gasteiger charge is -2.42. The number of amides is 1. The minimum Gasteiger partial charge on any atom is -0.493 e. The van der Waals surface area contributed by atoms with Crippen molar-refractivity contribution in [3.8, 4) is 11.5 Å². The molecule has 5 nitrogen and oxygen atoms in total. The van der Waals surface area contributed by atoms with E-state index in [9.17, 15) is 4.79 Å². The molecule has 1 aliphatic heterocycles. The minimum atomic E-state index is -0.0428. The number of hydrogen-bond acceptors (Lipinski definition) is 4. The van der Waals surface area contributed by atoms with E-state index in [0.29, 0.717) is 48.1 Å². The summed E-state index contributed by atoms with van der Waals surface area (Å²) in [7, 11) is 3.28. The van der Waals surface area contributed by atoms with Crippen LogP contribution in [-0.4, -0.2) is 37.1 Å². The van der Waals surface area contributed by atoms with E-state index in [0.717, 1.165) is 24.8 Å². The summed E-state index contributed by atoms with van der Waals surface area (Å²) in [6.07, 6.45) is 13.3. The third-order valence-electron chi connectivity index (χ3n) is 8.03. The van der Waals surface area contributed by atoms with Gasteiger partial charge in [-0.15, -0.1) is 0 Å². The topological polar surface area (TPSA) is 64.8 Å². The van der Waals surface area contributed by atoms with E-state index >= 15 is 0 Å². The molecule has 0 radical (unpaired) electrons. The molecule has 5 heteroatoms. The number of fused-ring (bicyclic) bond motifs is 1. The Hall–Kier alpha value is -2.27. The first kappa shape index (κ1) is 23.9. The van der Waals surface area contributed by atoms with Crippen LogP contribution >= 0.6 is 0 Å². The molecule has 1 saturated heterocycles. The third kappa shape index (κ3) is 5.29. The van der Waals surface area contributed by atoms with Crippen molar-refractivity contribution in [3.63, 3.8) is 0 Å². The molecule has 1 heterocycles. The van der Waals surface area contributed by atoms with Crippen molar-refractivity contribution in [2.24, 2.45) is 29.4 Å². The monoisotopic (exact) mass is 452 g/mol. The minimum absolute atomic E-state index is 0.0428. The Morgan fingerprint density at radius 1 is 1.09 bits per heavy atom. The Labute approximate surface area is 199 Å². The van der Waals surface area contributed by atoms with Crippen molar-refractivity contribution in [2.75, 3.05) is 14.2 Å². The maximum Gasteiger partial charge on any atom is 0.224 e. The summed E-state index contributed by atoms with van der Waals surface area (Å²) in [5, 5.41) is 0. The molecule has 0 aromatic heterocycles. The van der Waals surface area contributed by atoms with Crippen LogP contribution in [0.3, 0.4) is 0 Å². The smallest absolute Gasteiger partial charge is 0.224 e. The molecule has 1 fully saturated rings. The van der Waals surface area contributed by atoms with Gasteiger partial charge in [0.05, 0.1) is 14.2 Å². The molecule has 0 saturated carbocycles. The number of nitrogens with zero attached hydrogens (tertiary/aromatic N) is 1. The van der Waals surface area contributed by atoms with Crippen LogP contribution in [0, 0.1) is 23.7 Å². The van der Waals surface area contributed by atoms with Crippen LogP contribution in [0.1, 0.15) is 57.9 Å². The lowest BCUT2D eigenvalue weighted by molar-refractivity contribution is -0.138. The average molecular weight is 453 g/mol. The summed E-state index contributed by atoms with van der Waals surface area (Å²) in [6, 6.07) is 6.05.